The highest BCUT2D eigenvalue weighted by atomic mass is 32.1. The van der Waals surface area contributed by atoms with Crippen molar-refractivity contribution in [2.75, 3.05) is 38.5 Å². The van der Waals surface area contributed by atoms with Crippen LogP contribution in [-0.4, -0.2) is 59.0 Å². The molecule has 1 aromatic heterocycles. The molecule has 78 valence electrons. The van der Waals surface area contributed by atoms with Crippen LogP contribution in [0.5, 0.6) is 0 Å². The molecule has 6 nitrogen and oxygen atoms in total. The van der Waals surface area contributed by atoms with Crippen LogP contribution in [0, 0.1) is 0 Å². The lowest BCUT2D eigenvalue weighted by molar-refractivity contribution is 0.209. The van der Waals surface area contributed by atoms with E-state index in [0.717, 1.165) is 31.3 Å². The number of nitrogens with zero attached hydrogens (tertiary/aromatic N) is 4. The predicted molar refractivity (Wildman–Crippen MR) is 55.5 cm³/mol. The van der Waals surface area contributed by atoms with E-state index in [1.54, 1.807) is 0 Å². The van der Waals surface area contributed by atoms with Gasteiger partial charge < -0.3 is 10.6 Å². The van der Waals surface area contributed by atoms with Gasteiger partial charge in [0, 0.05) is 43.8 Å². The third kappa shape index (κ3) is 2.37. The molecule has 1 aliphatic rings. The summed E-state index contributed by atoms with van der Waals surface area (Å²) in [6.45, 7) is 4.09. The van der Waals surface area contributed by atoms with Crippen LogP contribution in [-0.2, 0) is 0 Å². The van der Waals surface area contributed by atoms with E-state index in [1.807, 2.05) is 0 Å². The SMILES string of the molecule is CN1CCNCC1CNc1nnns1. The number of rotatable bonds is 3. The van der Waals surface area contributed by atoms with Crippen LogP contribution in [0.1, 0.15) is 0 Å². The summed E-state index contributed by atoms with van der Waals surface area (Å²) >= 11 is 1.29. The second kappa shape index (κ2) is 4.63. The molecule has 0 bridgehead atoms. The fraction of sp³-hybridized carbons (Fsp3) is 0.857. The topological polar surface area (TPSA) is 66.0 Å². The summed E-state index contributed by atoms with van der Waals surface area (Å²) in [5.74, 6) is 0. The molecule has 0 spiro atoms. The molecule has 1 unspecified atom stereocenters. The monoisotopic (exact) mass is 214 g/mol. The Labute approximate surface area is 86.9 Å². The maximum atomic E-state index is 3.83. The van der Waals surface area contributed by atoms with Crippen molar-refractivity contribution < 1.29 is 0 Å². The van der Waals surface area contributed by atoms with Crippen molar-refractivity contribution in [3.8, 4) is 0 Å². The van der Waals surface area contributed by atoms with E-state index in [4.69, 9.17) is 0 Å². The highest BCUT2D eigenvalue weighted by molar-refractivity contribution is 7.09. The van der Waals surface area contributed by atoms with Gasteiger partial charge in [0.05, 0.1) is 0 Å². The molecule has 0 aliphatic carbocycles. The quantitative estimate of drug-likeness (QED) is 0.690. The van der Waals surface area contributed by atoms with Gasteiger partial charge in [0.15, 0.2) is 0 Å². The number of aromatic nitrogens is 3. The Hall–Kier alpha value is -0.790. The highest BCUT2D eigenvalue weighted by Crippen LogP contribution is 2.06. The molecule has 14 heavy (non-hydrogen) atoms. The van der Waals surface area contributed by atoms with Gasteiger partial charge in [-0.1, -0.05) is 9.59 Å². The summed E-state index contributed by atoms with van der Waals surface area (Å²) in [6, 6.07) is 0.521. The van der Waals surface area contributed by atoms with E-state index in [2.05, 4.69) is 37.4 Å². The van der Waals surface area contributed by atoms with Crippen LogP contribution >= 0.6 is 11.5 Å². The third-order valence-corrected chi connectivity index (χ3v) is 2.99. The second-order valence-electron chi connectivity index (χ2n) is 3.39. The summed E-state index contributed by atoms with van der Waals surface area (Å²) in [7, 11) is 2.14. The summed E-state index contributed by atoms with van der Waals surface area (Å²) < 4.78 is 3.69. The van der Waals surface area contributed by atoms with Gasteiger partial charge in [-0.05, 0) is 12.3 Å². The fourth-order valence-corrected chi connectivity index (χ4v) is 1.87. The van der Waals surface area contributed by atoms with Gasteiger partial charge >= 0.3 is 0 Å². The Kier molecular flexibility index (Phi) is 3.22. The molecule has 2 heterocycles. The summed E-state index contributed by atoms with van der Waals surface area (Å²) in [5.41, 5.74) is 0. The Morgan fingerprint density at radius 2 is 2.64 bits per heavy atom. The predicted octanol–water partition coefficient (Wildman–Crippen LogP) is -0.751. The van der Waals surface area contributed by atoms with Gasteiger partial charge in [-0.2, -0.15) is 0 Å². The van der Waals surface area contributed by atoms with Crippen LogP contribution < -0.4 is 10.6 Å². The smallest absolute Gasteiger partial charge is 0.225 e. The van der Waals surface area contributed by atoms with Crippen molar-refractivity contribution in [1.82, 2.24) is 25.0 Å². The number of anilines is 1. The second-order valence-corrected chi connectivity index (χ2v) is 4.12. The molecule has 1 aliphatic heterocycles. The molecule has 1 aromatic rings. The number of hydrogen-bond acceptors (Lipinski definition) is 7. The zero-order valence-electron chi connectivity index (χ0n) is 8.10. The molecule has 2 N–H and O–H groups in total. The number of nitrogens with one attached hydrogen (secondary N) is 2. The Morgan fingerprint density at radius 1 is 1.71 bits per heavy atom. The van der Waals surface area contributed by atoms with E-state index >= 15 is 0 Å². The van der Waals surface area contributed by atoms with Gasteiger partial charge in [0.2, 0.25) is 5.13 Å². The van der Waals surface area contributed by atoms with Gasteiger partial charge in [-0.3, -0.25) is 4.90 Å². The Morgan fingerprint density at radius 3 is 3.36 bits per heavy atom. The third-order valence-electron chi connectivity index (χ3n) is 2.43. The minimum absolute atomic E-state index is 0.521. The van der Waals surface area contributed by atoms with Crippen molar-refractivity contribution in [3.63, 3.8) is 0 Å². The van der Waals surface area contributed by atoms with Crippen molar-refractivity contribution in [2.24, 2.45) is 0 Å². The molecule has 1 fully saturated rings. The van der Waals surface area contributed by atoms with Gasteiger partial charge in [-0.15, -0.1) is 0 Å². The molecule has 2 rings (SSSR count). The van der Waals surface area contributed by atoms with E-state index in [0.29, 0.717) is 6.04 Å². The average molecular weight is 214 g/mol. The average Bonchev–Trinajstić information content (AvgIpc) is 2.69. The number of likely N-dealkylation sites (N-methyl/N-ethyl adjacent to an activating group) is 1. The van der Waals surface area contributed by atoms with Crippen LogP contribution in [0.25, 0.3) is 0 Å². The largest absolute Gasteiger partial charge is 0.357 e. The van der Waals surface area contributed by atoms with Crippen LogP contribution in [0.2, 0.25) is 0 Å². The first-order chi connectivity index (χ1) is 6.86. The first kappa shape index (κ1) is 9.75. The van der Waals surface area contributed by atoms with Crippen molar-refractivity contribution in [2.45, 2.75) is 6.04 Å². The van der Waals surface area contributed by atoms with Gasteiger partial charge in [0.25, 0.3) is 0 Å². The van der Waals surface area contributed by atoms with Crippen molar-refractivity contribution >= 4 is 16.7 Å². The summed E-state index contributed by atoms with van der Waals surface area (Å²) in [4.78, 5) is 2.35. The first-order valence-electron chi connectivity index (χ1n) is 4.66. The molecule has 0 radical (unpaired) electrons. The Balaban J connectivity index is 1.79. The zero-order valence-corrected chi connectivity index (χ0v) is 8.92. The Bertz CT molecular complexity index is 263. The zero-order chi connectivity index (χ0) is 9.80. The number of hydrogen-bond donors (Lipinski definition) is 2. The molecular formula is C7H14N6S. The van der Waals surface area contributed by atoms with E-state index < -0.39 is 0 Å². The molecular weight excluding hydrogens is 200 g/mol. The van der Waals surface area contributed by atoms with Crippen molar-refractivity contribution in [3.05, 3.63) is 0 Å². The lowest BCUT2D eigenvalue weighted by atomic mass is 10.2. The van der Waals surface area contributed by atoms with Gasteiger partial charge in [0.1, 0.15) is 0 Å². The summed E-state index contributed by atoms with van der Waals surface area (Å²) in [6.07, 6.45) is 0. The minimum Gasteiger partial charge on any atom is -0.357 e. The lowest BCUT2D eigenvalue weighted by Crippen LogP contribution is -2.52. The van der Waals surface area contributed by atoms with Gasteiger partial charge in [-0.25, -0.2) is 0 Å². The summed E-state index contributed by atoms with van der Waals surface area (Å²) in [5, 5.41) is 14.8. The molecule has 1 atom stereocenters. The number of piperazine rings is 1. The lowest BCUT2D eigenvalue weighted by Gasteiger charge is -2.32. The highest BCUT2D eigenvalue weighted by Gasteiger charge is 2.18. The van der Waals surface area contributed by atoms with Crippen molar-refractivity contribution in [1.29, 1.82) is 0 Å². The molecule has 0 amide bonds. The maximum absolute atomic E-state index is 3.83. The maximum Gasteiger partial charge on any atom is 0.225 e. The minimum atomic E-state index is 0.521. The van der Waals surface area contributed by atoms with Crippen LogP contribution in [0.4, 0.5) is 5.13 Å². The molecule has 0 saturated carbocycles. The van der Waals surface area contributed by atoms with E-state index in [1.165, 1.54) is 11.5 Å². The van der Waals surface area contributed by atoms with E-state index in [9.17, 15) is 0 Å². The molecule has 1 saturated heterocycles. The molecule has 0 aromatic carbocycles. The van der Waals surface area contributed by atoms with E-state index in [-0.39, 0.29) is 0 Å². The van der Waals surface area contributed by atoms with Crippen LogP contribution in [0.15, 0.2) is 0 Å². The first-order valence-corrected chi connectivity index (χ1v) is 5.43. The standard InChI is InChI=1S/C7H14N6S/c1-13-3-2-8-4-6(13)5-9-7-10-11-12-14-7/h6,8H,2-5H2,1H3,(H,9,10,12). The van der Waals surface area contributed by atoms with Crippen LogP contribution in [0.3, 0.4) is 0 Å². The molecule has 7 heteroatoms. The fourth-order valence-electron chi connectivity index (χ4n) is 1.50. The normalized spacial score (nSPS) is 23.6.